The minimum absolute atomic E-state index is 0. The molecule has 9 heteroatoms. The van der Waals surface area contributed by atoms with E-state index in [-0.39, 0.29) is 17.1 Å². The number of thiocarbonyl (C=S) groups is 2. The van der Waals surface area contributed by atoms with Gasteiger partial charge in [-0.1, -0.05) is 75.7 Å². The van der Waals surface area contributed by atoms with Crippen LogP contribution in [-0.4, -0.2) is 32.6 Å². The van der Waals surface area contributed by atoms with Gasteiger partial charge in [0, 0.05) is 28.5 Å². The zero-order valence-electron chi connectivity index (χ0n) is 16.4. The van der Waals surface area contributed by atoms with Crippen molar-refractivity contribution in [3.8, 4) is 0 Å². The van der Waals surface area contributed by atoms with Crippen molar-refractivity contribution in [2.75, 3.05) is 12.5 Å². The molecule has 2 N–H and O–H groups in total. The van der Waals surface area contributed by atoms with Crippen molar-refractivity contribution in [2.45, 2.75) is 54.4 Å². The number of hydrogen-bond donors (Lipinski definition) is 2. The number of nitrogens with zero attached hydrogens (tertiary/aromatic N) is 2. The Morgan fingerprint density at radius 1 is 0.800 bits per heavy atom. The normalized spacial score (nSPS) is 11.4. The van der Waals surface area contributed by atoms with Crippen molar-refractivity contribution in [1.82, 2.24) is 10.9 Å². The molecule has 0 saturated heterocycles. The van der Waals surface area contributed by atoms with Crippen molar-refractivity contribution in [3.63, 3.8) is 0 Å². The fourth-order valence-electron chi connectivity index (χ4n) is 1.65. The molecule has 0 aliphatic heterocycles. The van der Waals surface area contributed by atoms with E-state index in [1.807, 2.05) is 26.4 Å². The molecule has 0 fully saturated rings. The van der Waals surface area contributed by atoms with Crippen LogP contribution in [0.15, 0.2) is 10.2 Å². The van der Waals surface area contributed by atoms with E-state index >= 15 is 0 Å². The van der Waals surface area contributed by atoms with Crippen LogP contribution >= 0.6 is 48.0 Å². The van der Waals surface area contributed by atoms with Gasteiger partial charge in [-0.3, -0.25) is 10.9 Å². The molecule has 0 rings (SSSR count). The second-order valence-electron chi connectivity index (χ2n) is 6.10. The van der Waals surface area contributed by atoms with Crippen LogP contribution in [0.1, 0.15) is 54.4 Å². The van der Waals surface area contributed by atoms with E-state index in [9.17, 15) is 0 Å². The van der Waals surface area contributed by atoms with Gasteiger partial charge in [-0.15, -0.1) is 0 Å². The molecule has 151 valence electrons. The van der Waals surface area contributed by atoms with Gasteiger partial charge in [0.25, 0.3) is 0 Å². The average Bonchev–Trinajstić information content (AvgIpc) is 2.49. The van der Waals surface area contributed by atoms with Gasteiger partial charge >= 0.3 is 0 Å². The van der Waals surface area contributed by atoms with Crippen LogP contribution in [0.3, 0.4) is 0 Å². The number of hydrazone groups is 2. The summed E-state index contributed by atoms with van der Waals surface area (Å²) in [6.07, 6.45) is 5.90. The summed E-state index contributed by atoms with van der Waals surface area (Å²) in [5, 5.41) is 8.28. The molecule has 0 aromatic rings. The second-order valence-corrected chi connectivity index (χ2v) is 9.06. The van der Waals surface area contributed by atoms with Gasteiger partial charge < -0.3 is 0 Å². The van der Waals surface area contributed by atoms with Crippen LogP contribution in [0.4, 0.5) is 0 Å². The molecule has 0 unspecified atom stereocenters. The van der Waals surface area contributed by atoms with Crippen LogP contribution in [0.5, 0.6) is 0 Å². The minimum atomic E-state index is 0. The molecule has 0 aromatic heterocycles. The first-order chi connectivity index (χ1) is 11.1. The topological polar surface area (TPSA) is 48.8 Å². The zero-order chi connectivity index (χ0) is 19.1. The van der Waals surface area contributed by atoms with E-state index in [4.69, 9.17) is 24.4 Å². The molecule has 0 heterocycles. The molecule has 0 aliphatic rings. The summed E-state index contributed by atoms with van der Waals surface area (Å²) >= 11 is 12.9. The van der Waals surface area contributed by atoms with Crippen molar-refractivity contribution in [2.24, 2.45) is 22.0 Å². The molecule has 0 spiro atoms. The fourth-order valence-corrected chi connectivity index (χ4v) is 2.01. The third-order valence-corrected chi connectivity index (χ3v) is 4.56. The van der Waals surface area contributed by atoms with Crippen molar-refractivity contribution in [3.05, 3.63) is 0 Å². The number of nitrogens with one attached hydrogen (secondary N) is 2. The van der Waals surface area contributed by atoms with Crippen molar-refractivity contribution >= 4 is 68.0 Å². The molecular weight excluding hydrogens is 440 g/mol. The SMILES string of the molecule is CSC(=S)NN=C(C)CC(C)C.CSC(=S)NN=C(C)CC(C)C.[Cu]. The Hall–Kier alpha value is 0.339. The Morgan fingerprint density at radius 2 is 1.08 bits per heavy atom. The van der Waals surface area contributed by atoms with E-state index in [1.165, 1.54) is 23.5 Å². The largest absolute Gasteiger partial charge is 0.262 e. The van der Waals surface area contributed by atoms with Crippen LogP contribution in [-0.2, 0) is 17.1 Å². The second kappa shape index (κ2) is 19.1. The first kappa shape index (κ1) is 30.1. The van der Waals surface area contributed by atoms with Crippen molar-refractivity contribution in [1.29, 1.82) is 0 Å². The molecular formula is C16H32CuN4S4. The van der Waals surface area contributed by atoms with Crippen molar-refractivity contribution < 1.29 is 17.1 Å². The van der Waals surface area contributed by atoms with Gasteiger partial charge in [0.1, 0.15) is 0 Å². The molecule has 0 amide bonds. The van der Waals surface area contributed by atoms with Gasteiger partial charge in [0.2, 0.25) is 0 Å². The average molecular weight is 472 g/mol. The number of rotatable bonds is 6. The van der Waals surface area contributed by atoms with Crippen LogP contribution in [0.25, 0.3) is 0 Å². The predicted octanol–water partition coefficient (Wildman–Crippen LogP) is 5.29. The van der Waals surface area contributed by atoms with E-state index in [0.717, 1.165) is 32.9 Å². The predicted molar refractivity (Wildman–Crippen MR) is 124 cm³/mol. The third kappa shape index (κ3) is 24.3. The third-order valence-electron chi connectivity index (χ3n) is 2.45. The Bertz CT molecular complexity index is 398. The van der Waals surface area contributed by atoms with Gasteiger partial charge in [-0.2, -0.15) is 10.2 Å². The Kier molecular flexibility index (Phi) is 23.0. The number of thioether (sulfide) groups is 2. The molecule has 0 bridgehead atoms. The van der Waals surface area contributed by atoms with Gasteiger partial charge in [-0.05, 0) is 51.0 Å². The fraction of sp³-hybridized carbons (Fsp3) is 0.750. The monoisotopic (exact) mass is 471 g/mol. The summed E-state index contributed by atoms with van der Waals surface area (Å²) in [5.41, 5.74) is 7.84. The first-order valence-electron chi connectivity index (χ1n) is 7.86. The van der Waals surface area contributed by atoms with E-state index in [1.54, 1.807) is 0 Å². The molecule has 0 aliphatic carbocycles. The maximum atomic E-state index is 4.93. The number of hydrogen-bond acceptors (Lipinski definition) is 6. The van der Waals surface area contributed by atoms with Crippen LogP contribution < -0.4 is 10.9 Å². The van der Waals surface area contributed by atoms with Gasteiger partial charge in [-0.25, -0.2) is 0 Å². The Labute approximate surface area is 184 Å². The first-order valence-corrected chi connectivity index (χ1v) is 11.1. The molecule has 0 atom stereocenters. The smallest absolute Gasteiger partial charge is 0.153 e. The minimum Gasteiger partial charge on any atom is -0.262 e. The quantitative estimate of drug-likeness (QED) is 0.237. The van der Waals surface area contributed by atoms with Crippen LogP contribution in [0, 0.1) is 11.8 Å². The summed E-state index contributed by atoms with van der Waals surface area (Å²) in [6, 6.07) is 0. The molecule has 4 nitrogen and oxygen atoms in total. The summed E-state index contributed by atoms with van der Waals surface area (Å²) in [7, 11) is 0. The standard InChI is InChI=1S/2C8H16N2S2.Cu/c2*1-6(2)5-7(3)9-10-8(11)12-4;/h2*6H,5H2,1-4H3,(H,10,11);. The molecule has 0 aromatic carbocycles. The summed E-state index contributed by atoms with van der Waals surface area (Å²) in [6.45, 7) is 12.7. The summed E-state index contributed by atoms with van der Waals surface area (Å²) < 4.78 is 1.44. The van der Waals surface area contributed by atoms with Crippen LogP contribution in [0.2, 0.25) is 0 Å². The van der Waals surface area contributed by atoms with E-state index in [0.29, 0.717) is 11.8 Å². The Morgan fingerprint density at radius 3 is 1.28 bits per heavy atom. The Balaban J connectivity index is -0.000000372. The van der Waals surface area contributed by atoms with E-state index < -0.39 is 0 Å². The molecule has 0 saturated carbocycles. The maximum absolute atomic E-state index is 4.93. The maximum Gasteiger partial charge on any atom is 0.153 e. The summed E-state index contributed by atoms with van der Waals surface area (Å²) in [5.74, 6) is 1.30. The van der Waals surface area contributed by atoms with Gasteiger partial charge in [0.15, 0.2) is 8.64 Å². The zero-order valence-corrected chi connectivity index (χ0v) is 20.6. The van der Waals surface area contributed by atoms with E-state index in [2.05, 4.69) is 48.7 Å². The van der Waals surface area contributed by atoms with Gasteiger partial charge in [0.05, 0.1) is 0 Å². The molecule has 25 heavy (non-hydrogen) atoms. The molecule has 1 radical (unpaired) electrons. The summed E-state index contributed by atoms with van der Waals surface area (Å²) in [4.78, 5) is 0.